The highest BCUT2D eigenvalue weighted by atomic mass is 79.9. The van der Waals surface area contributed by atoms with E-state index in [-0.39, 0.29) is 24.3 Å². The van der Waals surface area contributed by atoms with E-state index in [1.165, 1.54) is 12.1 Å². The number of carboxylic acids is 1. The van der Waals surface area contributed by atoms with Gasteiger partial charge in [0.15, 0.2) is 5.69 Å². The second-order valence-corrected chi connectivity index (χ2v) is 6.28. The van der Waals surface area contributed by atoms with Crippen LogP contribution in [0.3, 0.4) is 0 Å². The Hall–Kier alpha value is -2.41. The van der Waals surface area contributed by atoms with Gasteiger partial charge in [-0.25, -0.2) is 9.78 Å². The van der Waals surface area contributed by atoms with E-state index in [0.717, 1.165) is 11.1 Å². The van der Waals surface area contributed by atoms with E-state index in [4.69, 9.17) is 0 Å². The van der Waals surface area contributed by atoms with Crippen molar-refractivity contribution in [3.8, 4) is 5.75 Å². The molecule has 3 N–H and O–H groups in total. The lowest BCUT2D eigenvalue weighted by molar-refractivity contribution is -0.144. The van der Waals surface area contributed by atoms with Crippen LogP contribution in [0.1, 0.15) is 21.6 Å². The molecule has 3 rings (SSSR count). The number of aliphatic carboxylic acids is 1. The van der Waals surface area contributed by atoms with Gasteiger partial charge < -0.3 is 15.5 Å². The molecule has 23 heavy (non-hydrogen) atoms. The standard InChI is InChI=1S/C16H13BrN2O4/c17-12-6-5-11(20)13(18-12)14(21)19-16(15(22)23)7-9-3-1-2-4-10(9)8-16/h1-6,20H,7-8H2,(H,19,21)(H,22,23). The third-order valence-corrected chi connectivity index (χ3v) is 4.36. The van der Waals surface area contributed by atoms with Crippen LogP contribution in [0.15, 0.2) is 41.0 Å². The SMILES string of the molecule is O=C(NC1(C(=O)O)Cc2ccccc2C1)c1nc(Br)ccc1O. The number of fused-ring (bicyclic) bond motifs is 1. The van der Waals surface area contributed by atoms with Crippen molar-refractivity contribution < 1.29 is 19.8 Å². The number of hydrogen-bond acceptors (Lipinski definition) is 4. The zero-order chi connectivity index (χ0) is 16.6. The molecule has 2 aromatic rings. The predicted octanol–water partition coefficient (Wildman–Crippen LogP) is 1.90. The Morgan fingerprint density at radius 1 is 1.13 bits per heavy atom. The number of aromatic nitrogens is 1. The van der Waals surface area contributed by atoms with Crippen LogP contribution in [0.4, 0.5) is 0 Å². The maximum Gasteiger partial charge on any atom is 0.330 e. The number of hydrogen-bond donors (Lipinski definition) is 3. The number of carbonyl (C=O) groups is 2. The Labute approximate surface area is 140 Å². The summed E-state index contributed by atoms with van der Waals surface area (Å²) in [5, 5.41) is 22.0. The summed E-state index contributed by atoms with van der Waals surface area (Å²) in [4.78, 5) is 28.1. The molecule has 1 aromatic heterocycles. The van der Waals surface area contributed by atoms with Crippen LogP contribution in [-0.2, 0) is 17.6 Å². The predicted molar refractivity (Wildman–Crippen MR) is 85.3 cm³/mol. The van der Waals surface area contributed by atoms with Crippen LogP contribution in [0.5, 0.6) is 5.75 Å². The fourth-order valence-corrected chi connectivity index (χ4v) is 3.09. The zero-order valence-electron chi connectivity index (χ0n) is 11.9. The number of pyridine rings is 1. The summed E-state index contributed by atoms with van der Waals surface area (Å²) in [6, 6.07) is 10.2. The molecule has 0 bridgehead atoms. The third kappa shape index (κ3) is 2.79. The number of nitrogens with zero attached hydrogens (tertiary/aromatic N) is 1. The first kappa shape index (κ1) is 15.5. The summed E-state index contributed by atoms with van der Waals surface area (Å²) >= 11 is 3.12. The van der Waals surface area contributed by atoms with Gasteiger partial charge in [0, 0.05) is 12.8 Å². The highest BCUT2D eigenvalue weighted by Crippen LogP contribution is 2.31. The molecule has 0 saturated heterocycles. The quantitative estimate of drug-likeness (QED) is 0.710. The maximum atomic E-state index is 12.4. The van der Waals surface area contributed by atoms with Gasteiger partial charge in [0.25, 0.3) is 5.91 Å². The van der Waals surface area contributed by atoms with Crippen molar-refractivity contribution in [3.63, 3.8) is 0 Å². The summed E-state index contributed by atoms with van der Waals surface area (Å²) < 4.78 is 0.375. The Morgan fingerprint density at radius 3 is 2.30 bits per heavy atom. The van der Waals surface area contributed by atoms with E-state index in [1.54, 1.807) is 0 Å². The summed E-state index contributed by atoms with van der Waals surface area (Å²) in [5.41, 5.74) is 0.135. The second kappa shape index (κ2) is 5.66. The minimum atomic E-state index is -1.43. The molecule has 1 aromatic carbocycles. The van der Waals surface area contributed by atoms with E-state index < -0.39 is 17.4 Å². The molecule has 0 spiro atoms. The molecule has 1 heterocycles. The van der Waals surface area contributed by atoms with Gasteiger partial charge in [0.05, 0.1) is 0 Å². The number of rotatable bonds is 3. The Balaban J connectivity index is 1.92. The van der Waals surface area contributed by atoms with Gasteiger partial charge in [0.1, 0.15) is 15.9 Å². The average molecular weight is 377 g/mol. The van der Waals surface area contributed by atoms with Gasteiger partial charge in [0.2, 0.25) is 0 Å². The summed E-state index contributed by atoms with van der Waals surface area (Å²) in [6.07, 6.45) is 0.387. The summed E-state index contributed by atoms with van der Waals surface area (Å²) in [7, 11) is 0. The first-order valence-electron chi connectivity index (χ1n) is 6.89. The Morgan fingerprint density at radius 2 is 1.74 bits per heavy atom. The van der Waals surface area contributed by atoms with Crippen LogP contribution in [0.2, 0.25) is 0 Å². The minimum Gasteiger partial charge on any atom is -0.505 e. The Bertz CT molecular complexity index is 781. The van der Waals surface area contributed by atoms with E-state index in [2.05, 4.69) is 26.2 Å². The third-order valence-electron chi connectivity index (χ3n) is 3.92. The molecule has 0 unspecified atom stereocenters. The first-order valence-corrected chi connectivity index (χ1v) is 7.69. The van der Waals surface area contributed by atoms with Crippen LogP contribution >= 0.6 is 15.9 Å². The summed E-state index contributed by atoms with van der Waals surface area (Å²) in [5.74, 6) is -2.14. The molecule has 6 nitrogen and oxygen atoms in total. The lowest BCUT2D eigenvalue weighted by Gasteiger charge is -2.25. The van der Waals surface area contributed by atoms with Crippen molar-refractivity contribution in [2.45, 2.75) is 18.4 Å². The minimum absolute atomic E-state index is 0.193. The van der Waals surface area contributed by atoms with Gasteiger partial charge in [-0.15, -0.1) is 0 Å². The van der Waals surface area contributed by atoms with Crippen molar-refractivity contribution in [1.29, 1.82) is 0 Å². The van der Waals surface area contributed by atoms with Crippen LogP contribution in [0.25, 0.3) is 0 Å². The first-order chi connectivity index (χ1) is 10.9. The van der Waals surface area contributed by atoms with Crippen molar-refractivity contribution in [2.75, 3.05) is 0 Å². The lowest BCUT2D eigenvalue weighted by Crippen LogP contribution is -2.55. The zero-order valence-corrected chi connectivity index (χ0v) is 13.5. The molecule has 0 fully saturated rings. The van der Waals surface area contributed by atoms with Crippen molar-refractivity contribution in [1.82, 2.24) is 10.3 Å². The number of benzene rings is 1. The highest BCUT2D eigenvalue weighted by molar-refractivity contribution is 9.10. The van der Waals surface area contributed by atoms with Crippen LogP contribution < -0.4 is 5.32 Å². The molecule has 118 valence electrons. The smallest absolute Gasteiger partial charge is 0.330 e. The largest absolute Gasteiger partial charge is 0.505 e. The second-order valence-electron chi connectivity index (χ2n) is 5.47. The number of carbonyl (C=O) groups excluding carboxylic acids is 1. The van der Waals surface area contributed by atoms with Gasteiger partial charge in [-0.2, -0.15) is 0 Å². The fraction of sp³-hybridized carbons (Fsp3) is 0.188. The molecule has 7 heteroatoms. The fourth-order valence-electron chi connectivity index (χ4n) is 2.78. The van der Waals surface area contributed by atoms with Gasteiger partial charge in [-0.1, -0.05) is 24.3 Å². The van der Waals surface area contributed by atoms with Crippen molar-refractivity contribution in [3.05, 3.63) is 57.8 Å². The number of nitrogens with one attached hydrogen (secondary N) is 1. The average Bonchev–Trinajstić information content (AvgIpc) is 2.89. The van der Waals surface area contributed by atoms with E-state index in [1.807, 2.05) is 24.3 Å². The number of halogens is 1. The molecule has 0 atom stereocenters. The maximum absolute atomic E-state index is 12.4. The molecular weight excluding hydrogens is 364 g/mol. The van der Waals surface area contributed by atoms with E-state index >= 15 is 0 Å². The number of carboxylic acid groups (broad SMARTS) is 1. The van der Waals surface area contributed by atoms with Gasteiger partial charge in [-0.3, -0.25) is 4.79 Å². The van der Waals surface area contributed by atoms with Gasteiger partial charge >= 0.3 is 5.97 Å². The van der Waals surface area contributed by atoms with Crippen molar-refractivity contribution >= 4 is 27.8 Å². The van der Waals surface area contributed by atoms with Gasteiger partial charge in [-0.05, 0) is 39.2 Å². The van der Waals surface area contributed by atoms with Crippen LogP contribution in [-0.4, -0.2) is 32.6 Å². The normalized spacial score (nSPS) is 15.0. The molecule has 1 amide bonds. The molecule has 1 aliphatic carbocycles. The molecular formula is C16H13BrN2O4. The number of aromatic hydroxyl groups is 1. The topological polar surface area (TPSA) is 99.5 Å². The van der Waals surface area contributed by atoms with E-state index in [0.29, 0.717) is 4.60 Å². The summed E-state index contributed by atoms with van der Waals surface area (Å²) in [6.45, 7) is 0. The monoisotopic (exact) mass is 376 g/mol. The molecule has 0 radical (unpaired) electrons. The number of amides is 1. The molecule has 0 saturated carbocycles. The molecule has 0 aliphatic heterocycles. The highest BCUT2D eigenvalue weighted by Gasteiger charge is 2.45. The Kier molecular flexibility index (Phi) is 3.81. The van der Waals surface area contributed by atoms with E-state index in [9.17, 15) is 19.8 Å². The van der Waals surface area contributed by atoms with Crippen LogP contribution in [0, 0.1) is 0 Å². The van der Waals surface area contributed by atoms with Crippen molar-refractivity contribution in [2.24, 2.45) is 0 Å². The lowest BCUT2D eigenvalue weighted by atomic mass is 9.95. The molecule has 1 aliphatic rings.